The Morgan fingerprint density at radius 1 is 0.378 bits per heavy atom. The molecular weight excluding hydrogens is 476 g/mol. The van der Waals surface area contributed by atoms with Crippen LogP contribution in [-0.4, -0.2) is 44.3 Å². The summed E-state index contributed by atoms with van der Waals surface area (Å²) < 4.78 is 0. The Labute approximate surface area is 212 Å². The molecule has 0 unspecified atom stereocenters. The summed E-state index contributed by atoms with van der Waals surface area (Å²) in [6, 6.07) is 29.9. The maximum Gasteiger partial charge on any atom is 0.335 e. The smallest absolute Gasteiger partial charge is 0.335 e. The number of carbonyl (C=O) groups is 4. The van der Waals surface area contributed by atoms with Crippen LogP contribution in [0.25, 0.3) is 0 Å². The van der Waals surface area contributed by atoms with Crippen LogP contribution >= 0.6 is 0 Å². The lowest BCUT2D eigenvalue weighted by atomic mass is 10.0. The van der Waals surface area contributed by atoms with Gasteiger partial charge in [-0.05, 0) is 66.1 Å². The Kier molecular flexibility index (Phi) is 10.8. The van der Waals surface area contributed by atoms with E-state index >= 15 is 0 Å². The fourth-order valence-corrected chi connectivity index (χ4v) is 2.93. The lowest BCUT2D eigenvalue weighted by Crippen LogP contribution is -1.98. The van der Waals surface area contributed by atoms with Crippen molar-refractivity contribution in [3.8, 4) is 0 Å². The molecule has 4 aromatic rings. The molecule has 37 heavy (non-hydrogen) atoms. The number of carboxylic acid groups (broad SMARTS) is 4. The average Bonchev–Trinajstić information content (AvgIpc) is 2.91. The molecule has 0 saturated carbocycles. The molecular formula is C29H24O8. The number of rotatable bonds is 6. The molecule has 0 heterocycles. The first-order valence-electron chi connectivity index (χ1n) is 10.9. The molecule has 0 amide bonds. The quantitative estimate of drug-likeness (QED) is 0.273. The third-order valence-corrected chi connectivity index (χ3v) is 4.85. The Morgan fingerprint density at radius 2 is 0.622 bits per heavy atom. The number of hydrogen-bond donors (Lipinski definition) is 4. The molecule has 0 radical (unpaired) electrons. The van der Waals surface area contributed by atoms with E-state index in [1.54, 1.807) is 109 Å². The van der Waals surface area contributed by atoms with Crippen LogP contribution in [0, 0.1) is 0 Å². The van der Waals surface area contributed by atoms with E-state index in [4.69, 9.17) is 20.4 Å². The van der Waals surface area contributed by atoms with Crippen molar-refractivity contribution in [3.63, 3.8) is 0 Å². The molecule has 0 atom stereocenters. The van der Waals surface area contributed by atoms with Crippen LogP contribution in [-0.2, 0) is 6.42 Å². The summed E-state index contributed by atoms with van der Waals surface area (Å²) >= 11 is 0. The summed E-state index contributed by atoms with van der Waals surface area (Å²) in [5.74, 6) is -3.65. The van der Waals surface area contributed by atoms with Gasteiger partial charge in [0.15, 0.2) is 0 Å². The molecule has 0 bridgehead atoms. The van der Waals surface area contributed by atoms with Gasteiger partial charge in [0.05, 0.1) is 22.3 Å². The highest BCUT2D eigenvalue weighted by molar-refractivity contribution is 5.88. The summed E-state index contributed by atoms with van der Waals surface area (Å²) in [5, 5.41) is 34.4. The van der Waals surface area contributed by atoms with E-state index in [1.807, 2.05) is 0 Å². The minimum Gasteiger partial charge on any atom is -0.478 e. The minimum atomic E-state index is -0.947. The fourth-order valence-electron chi connectivity index (χ4n) is 2.93. The molecule has 0 saturated heterocycles. The molecule has 0 aliphatic carbocycles. The zero-order chi connectivity index (χ0) is 27.2. The first kappa shape index (κ1) is 28.0. The van der Waals surface area contributed by atoms with Crippen molar-refractivity contribution in [1.82, 2.24) is 0 Å². The monoisotopic (exact) mass is 500 g/mol. The van der Waals surface area contributed by atoms with Gasteiger partial charge in [-0.15, -0.1) is 0 Å². The van der Waals surface area contributed by atoms with Gasteiger partial charge in [0, 0.05) is 0 Å². The molecule has 0 aliphatic rings. The van der Waals surface area contributed by atoms with Crippen LogP contribution in [0.2, 0.25) is 0 Å². The molecule has 8 nitrogen and oxygen atoms in total. The molecule has 0 aliphatic heterocycles. The second-order valence-electron chi connectivity index (χ2n) is 7.52. The lowest BCUT2D eigenvalue weighted by Gasteiger charge is -2.03. The first-order chi connectivity index (χ1) is 17.7. The van der Waals surface area contributed by atoms with Crippen molar-refractivity contribution < 1.29 is 39.6 Å². The van der Waals surface area contributed by atoms with E-state index in [1.165, 1.54) is 0 Å². The van der Waals surface area contributed by atoms with Crippen molar-refractivity contribution in [1.29, 1.82) is 0 Å². The van der Waals surface area contributed by atoms with Gasteiger partial charge in [0.2, 0.25) is 0 Å². The summed E-state index contributed by atoms with van der Waals surface area (Å²) in [4.78, 5) is 41.8. The Hall–Kier alpha value is -5.24. The molecule has 0 fully saturated rings. The zero-order valence-corrected chi connectivity index (χ0v) is 19.5. The number of hydrogen-bond acceptors (Lipinski definition) is 4. The van der Waals surface area contributed by atoms with Gasteiger partial charge in [0.25, 0.3) is 0 Å². The van der Waals surface area contributed by atoms with E-state index < -0.39 is 23.9 Å². The largest absolute Gasteiger partial charge is 0.478 e. The van der Waals surface area contributed by atoms with Gasteiger partial charge in [-0.1, -0.05) is 60.7 Å². The van der Waals surface area contributed by atoms with Gasteiger partial charge in [-0.2, -0.15) is 0 Å². The van der Waals surface area contributed by atoms with E-state index in [0.717, 1.165) is 11.1 Å². The van der Waals surface area contributed by atoms with E-state index in [0.29, 0.717) is 17.5 Å². The fraction of sp³-hybridized carbons (Fsp3) is 0.0345. The van der Waals surface area contributed by atoms with Gasteiger partial charge < -0.3 is 20.4 Å². The van der Waals surface area contributed by atoms with Crippen LogP contribution in [0.5, 0.6) is 0 Å². The van der Waals surface area contributed by atoms with Crippen molar-refractivity contribution in [2.24, 2.45) is 0 Å². The molecule has 8 heteroatoms. The number of aromatic carboxylic acids is 4. The summed E-state index contributed by atoms with van der Waals surface area (Å²) in [6.07, 6.45) is 0.639. The second kappa shape index (κ2) is 14.2. The highest BCUT2D eigenvalue weighted by Crippen LogP contribution is 2.12. The third-order valence-electron chi connectivity index (χ3n) is 4.85. The van der Waals surface area contributed by atoms with E-state index in [2.05, 4.69) is 0 Å². The van der Waals surface area contributed by atoms with Crippen LogP contribution in [0.4, 0.5) is 0 Å². The molecule has 4 rings (SSSR count). The normalized spacial score (nSPS) is 9.51. The zero-order valence-electron chi connectivity index (χ0n) is 19.5. The molecule has 4 aromatic carbocycles. The Balaban J connectivity index is 0.000000222. The second-order valence-corrected chi connectivity index (χ2v) is 7.52. The van der Waals surface area contributed by atoms with Crippen molar-refractivity contribution >= 4 is 23.9 Å². The van der Waals surface area contributed by atoms with Crippen LogP contribution in [0.1, 0.15) is 52.6 Å². The van der Waals surface area contributed by atoms with Crippen LogP contribution in [0.15, 0.2) is 109 Å². The predicted octanol–water partition coefficient (Wildman–Crippen LogP) is 5.44. The SMILES string of the molecule is O=C(O)c1ccc(Cc2ccc(C(=O)O)cc2)cc1.O=C(O)c1ccccc1.O=C(O)c1ccccc1. The lowest BCUT2D eigenvalue weighted by molar-refractivity contribution is 0.0686. The molecule has 0 aromatic heterocycles. The number of benzene rings is 4. The Bertz CT molecular complexity index is 1210. The van der Waals surface area contributed by atoms with Gasteiger partial charge in [-0.25, -0.2) is 19.2 Å². The summed E-state index contributed by atoms with van der Waals surface area (Å²) in [7, 11) is 0. The van der Waals surface area contributed by atoms with E-state index in [9.17, 15) is 19.2 Å². The van der Waals surface area contributed by atoms with Crippen molar-refractivity contribution in [2.75, 3.05) is 0 Å². The van der Waals surface area contributed by atoms with Crippen molar-refractivity contribution in [3.05, 3.63) is 143 Å². The topological polar surface area (TPSA) is 149 Å². The third kappa shape index (κ3) is 9.87. The summed E-state index contributed by atoms with van der Waals surface area (Å²) in [5.41, 5.74) is 3.13. The number of carboxylic acids is 4. The Morgan fingerprint density at radius 3 is 0.838 bits per heavy atom. The van der Waals surface area contributed by atoms with Crippen LogP contribution in [0.3, 0.4) is 0 Å². The molecule has 188 valence electrons. The minimum absolute atomic E-state index is 0.255. The standard InChI is InChI=1S/C15H12O4.2C7H6O2/c16-14(17)12-5-1-10(2-6-12)9-11-3-7-13(8-4-11)15(18)19;2*8-7(9)6-4-2-1-3-5-6/h1-8H,9H2,(H,16,17)(H,18,19);2*1-5H,(H,8,9). The average molecular weight is 501 g/mol. The summed E-state index contributed by atoms with van der Waals surface area (Å²) in [6.45, 7) is 0. The molecule has 4 N–H and O–H groups in total. The van der Waals surface area contributed by atoms with Crippen molar-refractivity contribution in [2.45, 2.75) is 6.42 Å². The van der Waals surface area contributed by atoms with Gasteiger partial charge in [0.1, 0.15) is 0 Å². The highest BCUT2D eigenvalue weighted by Gasteiger charge is 2.04. The van der Waals surface area contributed by atoms with Gasteiger partial charge in [-0.3, -0.25) is 0 Å². The highest BCUT2D eigenvalue weighted by atomic mass is 16.4. The van der Waals surface area contributed by atoms with Crippen LogP contribution < -0.4 is 0 Å². The maximum absolute atomic E-state index is 10.7. The predicted molar refractivity (Wildman–Crippen MR) is 136 cm³/mol. The maximum atomic E-state index is 10.7. The van der Waals surface area contributed by atoms with E-state index in [-0.39, 0.29) is 11.1 Å². The molecule has 0 spiro atoms. The van der Waals surface area contributed by atoms with Gasteiger partial charge >= 0.3 is 23.9 Å². The first-order valence-corrected chi connectivity index (χ1v) is 10.9.